The second-order valence-corrected chi connectivity index (χ2v) is 5.23. The number of aryl methyl sites for hydroxylation is 2. The van der Waals surface area contributed by atoms with Gasteiger partial charge in [-0.15, -0.1) is 0 Å². The Morgan fingerprint density at radius 1 is 0.900 bits per heavy atom. The first-order valence-corrected chi connectivity index (χ1v) is 6.82. The van der Waals surface area contributed by atoms with Crippen molar-refractivity contribution in [2.75, 3.05) is 0 Å². The van der Waals surface area contributed by atoms with Crippen molar-refractivity contribution in [3.63, 3.8) is 0 Å². The van der Waals surface area contributed by atoms with Gasteiger partial charge in [-0.2, -0.15) is 0 Å². The molecule has 0 unspecified atom stereocenters. The summed E-state index contributed by atoms with van der Waals surface area (Å²) in [6, 6.07) is 16.0. The van der Waals surface area contributed by atoms with Crippen LogP contribution in [0.3, 0.4) is 0 Å². The van der Waals surface area contributed by atoms with E-state index in [2.05, 4.69) is 37.0 Å². The standard InChI is InChI=1S/C17H14ClNO/c1-11-8-12(2)10-14(9-11)15-16(18)20-17(19-15)13-6-4-3-5-7-13/h3-10H,1-2H3. The fourth-order valence-electron chi connectivity index (χ4n) is 2.30. The Morgan fingerprint density at radius 3 is 2.20 bits per heavy atom. The molecule has 1 aromatic heterocycles. The lowest BCUT2D eigenvalue weighted by molar-refractivity contribution is 0.577. The lowest BCUT2D eigenvalue weighted by Gasteiger charge is -2.01. The number of oxazole rings is 1. The minimum atomic E-state index is 0.328. The average molecular weight is 284 g/mol. The maximum absolute atomic E-state index is 6.20. The highest BCUT2D eigenvalue weighted by Crippen LogP contribution is 2.33. The van der Waals surface area contributed by atoms with Gasteiger partial charge in [0.2, 0.25) is 11.1 Å². The van der Waals surface area contributed by atoms with Crippen LogP contribution in [-0.2, 0) is 0 Å². The Bertz CT molecular complexity index is 727. The largest absolute Gasteiger partial charge is 0.424 e. The predicted molar refractivity (Wildman–Crippen MR) is 81.9 cm³/mol. The fraction of sp³-hybridized carbons (Fsp3) is 0.118. The molecule has 0 radical (unpaired) electrons. The molecule has 0 saturated heterocycles. The van der Waals surface area contributed by atoms with E-state index in [0.29, 0.717) is 16.8 Å². The highest BCUT2D eigenvalue weighted by Gasteiger charge is 2.15. The maximum atomic E-state index is 6.20. The molecule has 0 N–H and O–H groups in total. The first-order chi connectivity index (χ1) is 9.63. The summed E-state index contributed by atoms with van der Waals surface area (Å²) >= 11 is 6.20. The van der Waals surface area contributed by atoms with Crippen molar-refractivity contribution >= 4 is 11.6 Å². The Hall–Kier alpha value is -2.06. The molecule has 0 aliphatic rings. The van der Waals surface area contributed by atoms with Crippen molar-refractivity contribution in [3.05, 3.63) is 64.9 Å². The number of nitrogens with zero attached hydrogens (tertiary/aromatic N) is 1. The summed E-state index contributed by atoms with van der Waals surface area (Å²) < 4.78 is 5.59. The second kappa shape index (κ2) is 5.14. The molecule has 100 valence electrons. The van der Waals surface area contributed by atoms with Crippen molar-refractivity contribution < 1.29 is 4.42 Å². The summed E-state index contributed by atoms with van der Waals surface area (Å²) in [4.78, 5) is 4.53. The van der Waals surface area contributed by atoms with Crippen LogP contribution < -0.4 is 0 Å². The maximum Gasteiger partial charge on any atom is 0.228 e. The first kappa shape index (κ1) is 12.9. The molecule has 0 aliphatic carbocycles. The van der Waals surface area contributed by atoms with Crippen LogP contribution in [-0.4, -0.2) is 4.98 Å². The van der Waals surface area contributed by atoms with Gasteiger partial charge in [0.25, 0.3) is 0 Å². The molecule has 2 nitrogen and oxygen atoms in total. The van der Waals surface area contributed by atoms with Crippen LogP contribution in [0.2, 0.25) is 5.22 Å². The minimum Gasteiger partial charge on any atom is -0.424 e. The summed E-state index contributed by atoms with van der Waals surface area (Å²) in [5.41, 5.74) is 4.96. The molecular weight excluding hydrogens is 270 g/mol. The second-order valence-electron chi connectivity index (χ2n) is 4.88. The predicted octanol–water partition coefficient (Wildman–Crippen LogP) is 5.28. The van der Waals surface area contributed by atoms with Gasteiger partial charge in [-0.25, -0.2) is 4.98 Å². The van der Waals surface area contributed by atoms with Gasteiger partial charge in [0, 0.05) is 11.1 Å². The van der Waals surface area contributed by atoms with Gasteiger partial charge in [0.15, 0.2) is 0 Å². The van der Waals surface area contributed by atoms with Crippen molar-refractivity contribution in [1.29, 1.82) is 0 Å². The van der Waals surface area contributed by atoms with Gasteiger partial charge in [-0.3, -0.25) is 0 Å². The fourth-order valence-corrected chi connectivity index (χ4v) is 2.52. The molecule has 0 spiro atoms. The molecule has 0 bridgehead atoms. The van der Waals surface area contributed by atoms with E-state index in [9.17, 15) is 0 Å². The molecule has 3 heteroatoms. The SMILES string of the molecule is Cc1cc(C)cc(-c2nc(-c3ccccc3)oc2Cl)c1. The zero-order valence-electron chi connectivity index (χ0n) is 11.4. The van der Waals surface area contributed by atoms with E-state index < -0.39 is 0 Å². The lowest BCUT2D eigenvalue weighted by Crippen LogP contribution is -1.84. The average Bonchev–Trinajstić information content (AvgIpc) is 2.81. The molecule has 0 fully saturated rings. The minimum absolute atomic E-state index is 0.328. The summed E-state index contributed by atoms with van der Waals surface area (Å²) in [7, 11) is 0. The molecular formula is C17H14ClNO. The summed E-state index contributed by atoms with van der Waals surface area (Å²) in [5.74, 6) is 0.546. The van der Waals surface area contributed by atoms with Crippen molar-refractivity contribution in [2.45, 2.75) is 13.8 Å². The van der Waals surface area contributed by atoms with E-state index >= 15 is 0 Å². The van der Waals surface area contributed by atoms with Crippen LogP contribution in [0.15, 0.2) is 52.9 Å². The molecule has 20 heavy (non-hydrogen) atoms. The first-order valence-electron chi connectivity index (χ1n) is 6.44. The van der Waals surface area contributed by atoms with Gasteiger partial charge in [0.05, 0.1) is 0 Å². The van der Waals surface area contributed by atoms with E-state index in [1.807, 2.05) is 30.3 Å². The van der Waals surface area contributed by atoms with Crippen molar-refractivity contribution in [1.82, 2.24) is 4.98 Å². The number of benzene rings is 2. The van der Waals surface area contributed by atoms with Crippen molar-refractivity contribution in [3.8, 4) is 22.7 Å². The number of rotatable bonds is 2. The third kappa shape index (κ3) is 2.47. The Kier molecular flexibility index (Phi) is 3.33. The van der Waals surface area contributed by atoms with E-state index in [1.165, 1.54) is 11.1 Å². The van der Waals surface area contributed by atoms with Crippen LogP contribution in [0, 0.1) is 13.8 Å². The summed E-state index contributed by atoms with van der Waals surface area (Å²) in [6.07, 6.45) is 0. The Morgan fingerprint density at radius 2 is 1.55 bits per heavy atom. The molecule has 0 amide bonds. The molecule has 2 aromatic carbocycles. The van der Waals surface area contributed by atoms with Gasteiger partial charge in [-0.05, 0) is 49.7 Å². The summed E-state index contributed by atoms with van der Waals surface area (Å²) in [6.45, 7) is 4.12. The van der Waals surface area contributed by atoms with Gasteiger partial charge < -0.3 is 4.42 Å². The van der Waals surface area contributed by atoms with Crippen molar-refractivity contribution in [2.24, 2.45) is 0 Å². The smallest absolute Gasteiger partial charge is 0.228 e. The number of hydrogen-bond donors (Lipinski definition) is 0. The lowest BCUT2D eigenvalue weighted by atomic mass is 10.1. The Labute approximate surface area is 123 Å². The van der Waals surface area contributed by atoms with E-state index in [1.54, 1.807) is 0 Å². The highest BCUT2D eigenvalue weighted by molar-refractivity contribution is 6.31. The normalized spacial score (nSPS) is 10.8. The van der Waals surface area contributed by atoms with Gasteiger partial charge in [0.1, 0.15) is 5.69 Å². The monoisotopic (exact) mass is 283 g/mol. The Balaban J connectivity index is 2.09. The van der Waals surface area contributed by atoms with Gasteiger partial charge in [-0.1, -0.05) is 35.4 Å². The molecule has 0 atom stereocenters. The highest BCUT2D eigenvalue weighted by atomic mass is 35.5. The number of halogens is 1. The van der Waals surface area contributed by atoms with E-state index in [-0.39, 0.29) is 0 Å². The molecule has 3 aromatic rings. The summed E-state index contributed by atoms with van der Waals surface area (Å²) in [5, 5.41) is 0.328. The van der Waals surface area contributed by atoms with E-state index in [0.717, 1.165) is 11.1 Å². The number of hydrogen-bond acceptors (Lipinski definition) is 2. The van der Waals surface area contributed by atoms with Crippen LogP contribution >= 0.6 is 11.6 Å². The topological polar surface area (TPSA) is 26.0 Å². The third-order valence-electron chi connectivity index (χ3n) is 3.10. The molecule has 0 saturated carbocycles. The number of aromatic nitrogens is 1. The van der Waals surface area contributed by atoms with Crippen LogP contribution in [0.4, 0.5) is 0 Å². The van der Waals surface area contributed by atoms with Crippen LogP contribution in [0.1, 0.15) is 11.1 Å². The zero-order chi connectivity index (χ0) is 14.1. The molecule has 3 rings (SSSR count). The van der Waals surface area contributed by atoms with Crippen LogP contribution in [0.25, 0.3) is 22.7 Å². The van der Waals surface area contributed by atoms with Crippen LogP contribution in [0.5, 0.6) is 0 Å². The molecule has 1 heterocycles. The van der Waals surface area contributed by atoms with E-state index in [4.69, 9.17) is 16.0 Å². The molecule has 0 aliphatic heterocycles. The van der Waals surface area contributed by atoms with Gasteiger partial charge >= 0.3 is 0 Å². The third-order valence-corrected chi connectivity index (χ3v) is 3.36. The quantitative estimate of drug-likeness (QED) is 0.639. The zero-order valence-corrected chi connectivity index (χ0v) is 12.1.